The van der Waals surface area contributed by atoms with Gasteiger partial charge in [0, 0.05) is 0 Å². The molecule has 3 rings (SSSR count). The zero-order valence-electron chi connectivity index (χ0n) is 12.1. The van der Waals surface area contributed by atoms with Crippen molar-refractivity contribution in [2.75, 3.05) is 7.11 Å². The second-order valence-corrected chi connectivity index (χ2v) is 5.07. The van der Waals surface area contributed by atoms with Crippen molar-refractivity contribution in [3.8, 4) is 11.4 Å². The van der Waals surface area contributed by atoms with E-state index in [1.54, 1.807) is 7.11 Å². The van der Waals surface area contributed by atoms with Crippen LogP contribution in [0.5, 0.6) is 5.75 Å². The van der Waals surface area contributed by atoms with E-state index in [1.807, 2.05) is 24.3 Å². The summed E-state index contributed by atoms with van der Waals surface area (Å²) in [4.78, 5) is 4.66. The minimum Gasteiger partial charge on any atom is -0.494 e. The van der Waals surface area contributed by atoms with E-state index < -0.39 is 0 Å². The van der Waals surface area contributed by atoms with Crippen LogP contribution in [-0.4, -0.2) is 16.7 Å². The summed E-state index contributed by atoms with van der Waals surface area (Å²) < 4.78 is 7.54. The molecule has 0 aliphatic heterocycles. The molecular formula is C17H17ClN2O. The summed E-state index contributed by atoms with van der Waals surface area (Å²) in [6.07, 6.45) is 0.960. The van der Waals surface area contributed by atoms with Gasteiger partial charge >= 0.3 is 0 Å². The van der Waals surface area contributed by atoms with Crippen LogP contribution in [-0.2, 0) is 12.3 Å². The molecular weight excluding hydrogens is 284 g/mol. The molecule has 0 unspecified atom stereocenters. The van der Waals surface area contributed by atoms with Gasteiger partial charge in [-0.15, -0.1) is 11.6 Å². The van der Waals surface area contributed by atoms with Crippen molar-refractivity contribution >= 4 is 22.6 Å². The van der Waals surface area contributed by atoms with Crippen LogP contribution in [0.4, 0.5) is 0 Å². The molecule has 0 spiro atoms. The molecule has 0 bridgehead atoms. The number of para-hydroxylation sites is 2. The average molecular weight is 301 g/mol. The van der Waals surface area contributed by atoms with Gasteiger partial charge in [0.15, 0.2) is 0 Å². The van der Waals surface area contributed by atoms with Crippen LogP contribution in [0.25, 0.3) is 16.7 Å². The Kier molecular flexibility index (Phi) is 3.84. The highest BCUT2D eigenvalue weighted by Crippen LogP contribution is 2.30. The van der Waals surface area contributed by atoms with E-state index in [-0.39, 0.29) is 0 Å². The third-order valence-electron chi connectivity index (χ3n) is 3.67. The average Bonchev–Trinajstić information content (AvgIpc) is 2.93. The van der Waals surface area contributed by atoms with Crippen LogP contribution in [0, 0.1) is 0 Å². The van der Waals surface area contributed by atoms with Crippen molar-refractivity contribution in [1.29, 1.82) is 0 Å². The first-order valence-electron chi connectivity index (χ1n) is 6.98. The number of imidazole rings is 1. The van der Waals surface area contributed by atoms with Crippen LogP contribution in [0.2, 0.25) is 0 Å². The third kappa shape index (κ3) is 2.28. The maximum atomic E-state index is 6.12. The highest BCUT2D eigenvalue weighted by atomic mass is 35.5. The van der Waals surface area contributed by atoms with E-state index in [2.05, 4.69) is 34.7 Å². The molecule has 0 saturated heterocycles. The predicted octanol–water partition coefficient (Wildman–Crippen LogP) is 4.34. The topological polar surface area (TPSA) is 27.1 Å². The first kappa shape index (κ1) is 14.0. The summed E-state index contributed by atoms with van der Waals surface area (Å²) in [6, 6.07) is 14.3. The molecule has 0 atom stereocenters. The highest BCUT2D eigenvalue weighted by Gasteiger charge is 2.16. The fraction of sp³-hybridized carbons (Fsp3) is 0.235. The molecule has 0 aliphatic carbocycles. The minimum atomic E-state index is 0.357. The Hall–Kier alpha value is -2.00. The second-order valence-electron chi connectivity index (χ2n) is 4.81. The van der Waals surface area contributed by atoms with Gasteiger partial charge in [0.2, 0.25) is 0 Å². The Morgan fingerprint density at radius 1 is 1.14 bits per heavy atom. The summed E-state index contributed by atoms with van der Waals surface area (Å²) in [6.45, 7) is 2.15. The molecule has 0 amide bonds. The number of nitrogens with zero attached hydrogens (tertiary/aromatic N) is 2. The second kappa shape index (κ2) is 5.78. The predicted molar refractivity (Wildman–Crippen MR) is 86.6 cm³/mol. The van der Waals surface area contributed by atoms with E-state index >= 15 is 0 Å². The van der Waals surface area contributed by atoms with Crippen LogP contribution in [0.15, 0.2) is 42.5 Å². The molecule has 0 saturated carbocycles. The number of alkyl halides is 1. The molecule has 21 heavy (non-hydrogen) atoms. The van der Waals surface area contributed by atoms with Crippen LogP contribution >= 0.6 is 11.6 Å². The van der Waals surface area contributed by atoms with Crippen LogP contribution in [0.3, 0.4) is 0 Å². The van der Waals surface area contributed by atoms with Gasteiger partial charge in [-0.1, -0.05) is 31.2 Å². The SMILES string of the molecule is CCc1ccccc1-n1c(CCl)nc2c(OC)cccc21. The van der Waals surface area contributed by atoms with Crippen molar-refractivity contribution in [3.63, 3.8) is 0 Å². The number of benzene rings is 2. The molecule has 0 radical (unpaired) electrons. The summed E-state index contributed by atoms with van der Waals surface area (Å²) in [5.41, 5.74) is 4.27. The standard InChI is InChI=1S/C17H17ClN2O/c1-3-12-7-4-5-8-13(12)20-14-9-6-10-15(21-2)17(14)19-16(20)11-18/h4-10H,3,11H2,1-2H3. The lowest BCUT2D eigenvalue weighted by Crippen LogP contribution is -2.02. The zero-order chi connectivity index (χ0) is 14.8. The molecule has 4 heteroatoms. The van der Waals surface area contributed by atoms with E-state index in [1.165, 1.54) is 5.56 Å². The first-order valence-corrected chi connectivity index (χ1v) is 7.52. The molecule has 0 N–H and O–H groups in total. The molecule has 3 nitrogen and oxygen atoms in total. The third-order valence-corrected chi connectivity index (χ3v) is 3.91. The van der Waals surface area contributed by atoms with Crippen molar-refractivity contribution in [3.05, 3.63) is 53.9 Å². The van der Waals surface area contributed by atoms with E-state index in [0.717, 1.165) is 34.7 Å². The van der Waals surface area contributed by atoms with E-state index in [9.17, 15) is 0 Å². The summed E-state index contributed by atoms with van der Waals surface area (Å²) in [7, 11) is 1.66. The molecule has 3 aromatic rings. The number of rotatable bonds is 4. The normalized spacial score (nSPS) is 11.0. The lowest BCUT2D eigenvalue weighted by Gasteiger charge is -2.12. The molecule has 2 aromatic carbocycles. The highest BCUT2D eigenvalue weighted by molar-refractivity contribution is 6.17. The number of methoxy groups -OCH3 is 1. The quantitative estimate of drug-likeness (QED) is 0.670. The summed E-state index contributed by atoms with van der Waals surface area (Å²) >= 11 is 6.12. The number of fused-ring (bicyclic) bond motifs is 1. The minimum absolute atomic E-state index is 0.357. The zero-order valence-corrected chi connectivity index (χ0v) is 12.9. The fourth-order valence-corrected chi connectivity index (χ4v) is 2.85. The van der Waals surface area contributed by atoms with E-state index in [4.69, 9.17) is 16.3 Å². The molecule has 0 aliphatic rings. The van der Waals surface area contributed by atoms with Gasteiger partial charge in [0.25, 0.3) is 0 Å². The first-order chi connectivity index (χ1) is 10.3. The Morgan fingerprint density at radius 2 is 1.95 bits per heavy atom. The van der Waals surface area contributed by atoms with Gasteiger partial charge in [0.05, 0.1) is 24.2 Å². The van der Waals surface area contributed by atoms with Crippen LogP contribution < -0.4 is 4.74 Å². The van der Waals surface area contributed by atoms with Crippen molar-refractivity contribution in [1.82, 2.24) is 9.55 Å². The monoisotopic (exact) mass is 300 g/mol. The number of aryl methyl sites for hydroxylation is 1. The molecule has 1 heterocycles. The Balaban J connectivity index is 2.36. The summed E-state index contributed by atoms with van der Waals surface area (Å²) in [5.74, 6) is 1.96. The van der Waals surface area contributed by atoms with Crippen molar-refractivity contribution < 1.29 is 4.74 Å². The van der Waals surface area contributed by atoms with Crippen LogP contribution in [0.1, 0.15) is 18.3 Å². The Morgan fingerprint density at radius 3 is 2.67 bits per heavy atom. The maximum Gasteiger partial charge on any atom is 0.146 e. The van der Waals surface area contributed by atoms with Gasteiger partial charge in [-0.05, 0) is 30.2 Å². The Labute approximate surface area is 129 Å². The number of ether oxygens (including phenoxy) is 1. The largest absolute Gasteiger partial charge is 0.494 e. The number of hydrogen-bond donors (Lipinski definition) is 0. The number of halogens is 1. The van der Waals surface area contributed by atoms with Gasteiger partial charge < -0.3 is 4.74 Å². The Bertz CT molecular complexity index is 780. The van der Waals surface area contributed by atoms with Gasteiger partial charge in [-0.25, -0.2) is 4.98 Å². The smallest absolute Gasteiger partial charge is 0.146 e. The number of aromatic nitrogens is 2. The molecule has 108 valence electrons. The maximum absolute atomic E-state index is 6.12. The number of hydrogen-bond acceptors (Lipinski definition) is 2. The van der Waals surface area contributed by atoms with Gasteiger partial charge in [0.1, 0.15) is 17.1 Å². The van der Waals surface area contributed by atoms with E-state index in [0.29, 0.717) is 5.88 Å². The van der Waals surface area contributed by atoms with Gasteiger partial charge in [-0.3, -0.25) is 4.57 Å². The lowest BCUT2D eigenvalue weighted by atomic mass is 10.1. The molecule has 0 fully saturated rings. The van der Waals surface area contributed by atoms with Crippen molar-refractivity contribution in [2.24, 2.45) is 0 Å². The van der Waals surface area contributed by atoms with Crippen molar-refractivity contribution in [2.45, 2.75) is 19.2 Å². The lowest BCUT2D eigenvalue weighted by molar-refractivity contribution is 0.419. The molecule has 1 aromatic heterocycles. The summed E-state index contributed by atoms with van der Waals surface area (Å²) in [5, 5.41) is 0. The van der Waals surface area contributed by atoms with Gasteiger partial charge in [-0.2, -0.15) is 0 Å². The fourth-order valence-electron chi connectivity index (χ4n) is 2.67.